The Hall–Kier alpha value is -6.03. The molecule has 0 saturated heterocycles. The number of fused-ring (bicyclic) bond motifs is 1. The predicted molar refractivity (Wildman–Crippen MR) is 187 cm³/mol. The molecule has 0 aromatic heterocycles. The molecular weight excluding hydrogens is 663 g/mol. The van der Waals surface area contributed by atoms with Gasteiger partial charge in [0.25, 0.3) is 0 Å². The Labute approximate surface area is 294 Å². The normalized spacial score (nSPS) is 10.4. The second kappa shape index (κ2) is 18.3. The van der Waals surface area contributed by atoms with E-state index in [-0.39, 0.29) is 28.3 Å². The molecule has 0 unspecified atom stereocenters. The van der Waals surface area contributed by atoms with E-state index in [0.29, 0.717) is 22.5 Å². The fraction of sp³-hybridized carbons (Fsp3) is 0.0500. The van der Waals surface area contributed by atoms with E-state index in [1.165, 1.54) is 0 Å². The van der Waals surface area contributed by atoms with E-state index < -0.39 is 11.9 Å². The van der Waals surface area contributed by atoms with E-state index in [1.54, 1.807) is 24.6 Å². The number of aromatic hydroxyl groups is 2. The van der Waals surface area contributed by atoms with Crippen LogP contribution >= 0.6 is 0 Å². The first kappa shape index (κ1) is 37.4. The molecule has 0 fully saturated rings. The quantitative estimate of drug-likeness (QED) is 0.188. The Morgan fingerprint density at radius 1 is 0.510 bits per heavy atom. The number of benzene rings is 6. The fourth-order valence-electron chi connectivity index (χ4n) is 4.64. The summed E-state index contributed by atoms with van der Waals surface area (Å²) in [5.41, 5.74) is 6.62. The van der Waals surface area contributed by atoms with Gasteiger partial charge in [-0.1, -0.05) is 97.1 Å². The molecule has 0 saturated carbocycles. The summed E-state index contributed by atoms with van der Waals surface area (Å²) in [7, 11) is 0. The van der Waals surface area contributed by atoms with Gasteiger partial charge in [0.15, 0.2) is 0 Å². The van der Waals surface area contributed by atoms with Gasteiger partial charge in [0.05, 0.1) is 11.4 Å². The average Bonchev–Trinajstić information content (AvgIpc) is 3.07. The van der Waals surface area contributed by atoms with Crippen molar-refractivity contribution in [3.8, 4) is 33.8 Å². The number of hydrogen-bond acceptors (Lipinski definition) is 8. The van der Waals surface area contributed by atoms with Crippen LogP contribution in [0.4, 0.5) is 11.4 Å². The summed E-state index contributed by atoms with van der Waals surface area (Å²) in [6, 6.07) is 43.1. The van der Waals surface area contributed by atoms with Crippen LogP contribution in [0.25, 0.3) is 33.0 Å². The van der Waals surface area contributed by atoms with Crippen LogP contribution in [0, 0.1) is 0 Å². The average molecular weight is 696 g/mol. The Balaban J connectivity index is 0.000000654. The van der Waals surface area contributed by atoms with Gasteiger partial charge in [0.1, 0.15) is 11.5 Å². The zero-order valence-corrected chi connectivity index (χ0v) is 27.7. The zero-order valence-electron chi connectivity index (χ0n) is 26.6. The minimum Gasteiger partial charge on any atom is -0.550 e. The standard InChI is InChI=1S/C36H26N2O2.2C2H4O2.Co/c39-35-17-15-29(25-9-3-1-4-10-25)19-31(35)23-37-33-21-27-13-7-8-14-28(27)22-34(33)38-24-32-20-30(16-18-36(32)40)26-11-5-2-6-12-26;2*1-2(3)4;/h1-24,39-40H;2*1H3,(H,3,4);/q;;;+2/p-2. The van der Waals surface area contributed by atoms with Crippen LogP contribution < -0.4 is 10.2 Å². The molecule has 49 heavy (non-hydrogen) atoms. The van der Waals surface area contributed by atoms with Gasteiger partial charge in [-0.25, -0.2) is 0 Å². The van der Waals surface area contributed by atoms with Crippen molar-refractivity contribution in [1.82, 2.24) is 0 Å². The molecule has 0 aliphatic heterocycles. The second-order valence-corrected chi connectivity index (χ2v) is 10.5. The number of nitrogens with zero attached hydrogens (tertiary/aromatic N) is 2. The number of phenols is 2. The van der Waals surface area contributed by atoms with Gasteiger partial charge in [-0.3, -0.25) is 9.98 Å². The first-order valence-electron chi connectivity index (χ1n) is 14.8. The van der Waals surface area contributed by atoms with E-state index >= 15 is 0 Å². The molecule has 0 aliphatic rings. The Morgan fingerprint density at radius 3 is 1.18 bits per heavy atom. The van der Waals surface area contributed by atoms with Crippen LogP contribution in [0.2, 0.25) is 0 Å². The second-order valence-electron chi connectivity index (χ2n) is 10.5. The summed E-state index contributed by atoms with van der Waals surface area (Å²) in [6.07, 6.45) is 3.33. The van der Waals surface area contributed by atoms with Crippen LogP contribution in [0.3, 0.4) is 0 Å². The molecule has 0 spiro atoms. The van der Waals surface area contributed by atoms with Crippen molar-refractivity contribution in [2.75, 3.05) is 0 Å². The first-order chi connectivity index (χ1) is 23.1. The van der Waals surface area contributed by atoms with Crippen molar-refractivity contribution in [2.45, 2.75) is 13.8 Å². The Bertz CT molecular complexity index is 1920. The fourth-order valence-corrected chi connectivity index (χ4v) is 4.64. The maximum atomic E-state index is 10.6. The molecule has 9 heteroatoms. The van der Waals surface area contributed by atoms with Gasteiger partial charge < -0.3 is 30.0 Å². The number of carboxylic acids is 2. The van der Waals surface area contributed by atoms with Crippen LogP contribution in [-0.2, 0) is 26.4 Å². The number of hydrogen-bond donors (Lipinski definition) is 2. The van der Waals surface area contributed by atoms with E-state index in [1.807, 2.05) is 121 Å². The number of carboxylic acid groups (broad SMARTS) is 2. The number of carbonyl (C=O) groups excluding carboxylic acids is 2. The number of rotatable bonds is 6. The van der Waals surface area contributed by atoms with Crippen molar-refractivity contribution in [1.29, 1.82) is 0 Å². The maximum absolute atomic E-state index is 10.6. The van der Waals surface area contributed by atoms with Crippen LogP contribution in [0.15, 0.2) is 143 Å². The van der Waals surface area contributed by atoms with E-state index in [2.05, 4.69) is 0 Å². The molecule has 6 aromatic rings. The van der Waals surface area contributed by atoms with Gasteiger partial charge in [-0.05, 0) is 83.3 Å². The maximum Gasteiger partial charge on any atom is 2.00 e. The molecule has 0 heterocycles. The molecule has 0 bridgehead atoms. The molecule has 0 atom stereocenters. The van der Waals surface area contributed by atoms with E-state index in [4.69, 9.17) is 29.8 Å². The van der Waals surface area contributed by atoms with Crippen LogP contribution in [0.5, 0.6) is 11.5 Å². The number of phenolic OH excluding ortho intramolecular Hbond substituents is 2. The van der Waals surface area contributed by atoms with Crippen LogP contribution in [0.1, 0.15) is 25.0 Å². The van der Waals surface area contributed by atoms with Gasteiger partial charge in [0.2, 0.25) is 0 Å². The molecule has 0 amide bonds. The topological polar surface area (TPSA) is 145 Å². The minimum absolute atomic E-state index is 0. The van der Waals surface area contributed by atoms with Gasteiger partial charge in [0, 0.05) is 35.5 Å². The summed E-state index contributed by atoms with van der Waals surface area (Å²) < 4.78 is 0. The zero-order chi connectivity index (χ0) is 34.5. The Morgan fingerprint density at radius 2 is 0.837 bits per heavy atom. The molecular formula is C40H32CoN2O6. The number of aliphatic carboxylic acids is 2. The Kier molecular flexibility index (Phi) is 14.0. The third kappa shape index (κ3) is 11.3. The molecule has 1 radical (unpaired) electrons. The number of carbonyl (C=O) groups is 2. The van der Waals surface area contributed by atoms with E-state index in [9.17, 15) is 10.2 Å². The van der Waals surface area contributed by atoms with E-state index in [0.717, 1.165) is 46.9 Å². The molecule has 0 aliphatic carbocycles. The summed E-state index contributed by atoms with van der Waals surface area (Å²) in [5, 5.41) is 41.0. The van der Waals surface area contributed by atoms with Crippen molar-refractivity contribution >= 4 is 46.5 Å². The third-order valence-corrected chi connectivity index (χ3v) is 6.80. The SMILES string of the molecule is CC(=O)[O-].CC(=O)[O-].Oc1ccc(-c2ccccc2)cc1C=Nc1cc2ccccc2cc1N=Cc1cc(-c2ccccc2)ccc1O.[Co+2]. The van der Waals surface area contributed by atoms with Crippen molar-refractivity contribution in [3.05, 3.63) is 145 Å². The minimum atomic E-state index is -1.08. The summed E-state index contributed by atoms with van der Waals surface area (Å²) in [6.45, 7) is 1.94. The largest absolute Gasteiger partial charge is 2.00 e. The third-order valence-electron chi connectivity index (χ3n) is 6.80. The van der Waals surface area contributed by atoms with Gasteiger partial charge in [-0.15, -0.1) is 0 Å². The van der Waals surface area contributed by atoms with Gasteiger partial charge in [-0.2, -0.15) is 0 Å². The summed E-state index contributed by atoms with van der Waals surface area (Å²) in [4.78, 5) is 27.3. The van der Waals surface area contributed by atoms with Crippen molar-refractivity contribution < 1.29 is 46.8 Å². The van der Waals surface area contributed by atoms with Crippen molar-refractivity contribution in [2.24, 2.45) is 9.98 Å². The predicted octanol–water partition coefficient (Wildman–Crippen LogP) is 6.60. The first-order valence-corrected chi connectivity index (χ1v) is 14.8. The van der Waals surface area contributed by atoms with Crippen LogP contribution in [-0.4, -0.2) is 34.6 Å². The molecule has 8 nitrogen and oxygen atoms in total. The molecule has 6 rings (SSSR count). The number of aliphatic imine (C=N–C) groups is 2. The molecule has 247 valence electrons. The molecule has 6 aromatic carbocycles. The van der Waals surface area contributed by atoms with Crippen molar-refractivity contribution in [3.63, 3.8) is 0 Å². The summed E-state index contributed by atoms with van der Waals surface area (Å²) in [5.74, 6) is -1.87. The van der Waals surface area contributed by atoms with Gasteiger partial charge >= 0.3 is 16.8 Å². The smallest absolute Gasteiger partial charge is 0.550 e. The molecule has 2 N–H and O–H groups in total. The monoisotopic (exact) mass is 695 g/mol. The summed E-state index contributed by atoms with van der Waals surface area (Å²) >= 11 is 0.